The maximum Gasteiger partial charge on any atom is 0.0931 e. The molecule has 5 rings (SSSR count). The van der Waals surface area contributed by atoms with E-state index in [1.54, 1.807) is 6.33 Å². The average Bonchev–Trinajstić information content (AvgIpc) is 3.11. The Hall–Kier alpha value is -3.20. The summed E-state index contributed by atoms with van der Waals surface area (Å²) in [6.45, 7) is 0. The number of aromatic amines is 1. The van der Waals surface area contributed by atoms with Gasteiger partial charge in [-0.05, 0) is 34.4 Å². The molecule has 110 valence electrons. The fourth-order valence-electron chi connectivity index (χ4n) is 2.72. The highest BCUT2D eigenvalue weighted by Crippen LogP contribution is 2.23. The maximum absolute atomic E-state index is 4.16. The summed E-state index contributed by atoms with van der Waals surface area (Å²) in [6.07, 6.45) is 5.46. The second-order valence-electron chi connectivity index (χ2n) is 5.30. The molecule has 0 spiro atoms. The van der Waals surface area contributed by atoms with Crippen LogP contribution in [0.15, 0.2) is 85.5 Å². The van der Waals surface area contributed by atoms with Crippen molar-refractivity contribution in [1.29, 1.82) is 0 Å². The summed E-state index contributed by atoms with van der Waals surface area (Å²) in [6, 6.07) is 22.7. The molecule has 2 aromatic heterocycles. The molecule has 1 N–H and O–H groups in total. The Labute approximate surface area is 133 Å². The highest BCUT2D eigenvalue weighted by molar-refractivity contribution is 6.06. The molecule has 0 saturated heterocycles. The molecule has 23 heavy (non-hydrogen) atoms. The van der Waals surface area contributed by atoms with Gasteiger partial charge in [0.1, 0.15) is 0 Å². The number of nitrogens with zero attached hydrogens (tertiary/aromatic N) is 2. The smallest absolute Gasteiger partial charge is 0.0931 e. The van der Waals surface area contributed by atoms with Crippen LogP contribution in [0.3, 0.4) is 0 Å². The van der Waals surface area contributed by atoms with Crippen LogP contribution in [0, 0.1) is 0 Å². The van der Waals surface area contributed by atoms with Crippen molar-refractivity contribution in [2.24, 2.45) is 0 Å². The molecule has 3 aromatic carbocycles. The molecule has 0 fully saturated rings. The largest absolute Gasteiger partial charge is 0.345 e. The van der Waals surface area contributed by atoms with E-state index in [1.165, 1.54) is 21.5 Å². The number of fused-ring (bicyclic) bond motifs is 4. The number of pyridine rings is 1. The molecule has 0 aliphatic heterocycles. The van der Waals surface area contributed by atoms with Crippen molar-refractivity contribution in [3.05, 3.63) is 85.5 Å². The molecule has 0 aliphatic carbocycles. The first-order valence-corrected chi connectivity index (χ1v) is 7.51. The highest BCUT2D eigenvalue weighted by Gasteiger charge is 1.97. The lowest BCUT2D eigenvalue weighted by molar-refractivity contribution is 1.34. The fourth-order valence-corrected chi connectivity index (χ4v) is 2.72. The van der Waals surface area contributed by atoms with Crippen LogP contribution in [0.25, 0.3) is 32.6 Å². The first-order chi connectivity index (χ1) is 11.4. The Morgan fingerprint density at radius 1 is 0.696 bits per heavy atom. The van der Waals surface area contributed by atoms with Crippen LogP contribution in [0.2, 0.25) is 0 Å². The summed E-state index contributed by atoms with van der Waals surface area (Å²) in [7, 11) is 0. The summed E-state index contributed by atoms with van der Waals surface area (Å²) in [5.74, 6) is 0. The van der Waals surface area contributed by atoms with Gasteiger partial charge in [-0.15, -0.1) is 0 Å². The third kappa shape index (κ3) is 2.64. The van der Waals surface area contributed by atoms with Crippen molar-refractivity contribution in [2.75, 3.05) is 0 Å². The molecular weight excluding hydrogens is 282 g/mol. The first kappa shape index (κ1) is 13.5. The van der Waals surface area contributed by atoms with E-state index in [0.29, 0.717) is 0 Å². The topological polar surface area (TPSA) is 41.6 Å². The van der Waals surface area contributed by atoms with Gasteiger partial charge in [-0.3, -0.25) is 4.98 Å². The standard InChI is InChI=1S/C13H9N.C7H6N2/c1-2-4-12-10(3-1)5-6-11-7-8-14-9-13(11)12;1-2-4-7-6(3-1)8-5-9-7/h1-9H;1-5H,(H,8,9). The van der Waals surface area contributed by atoms with Crippen molar-refractivity contribution < 1.29 is 0 Å². The normalized spacial score (nSPS) is 10.6. The SMILES string of the molecule is c1ccc2[nH]cnc2c1.c1ccc2c(c1)ccc1ccncc12. The van der Waals surface area contributed by atoms with Crippen LogP contribution < -0.4 is 0 Å². The Balaban J connectivity index is 0.000000130. The number of aromatic nitrogens is 3. The van der Waals surface area contributed by atoms with Gasteiger partial charge in [0.15, 0.2) is 0 Å². The van der Waals surface area contributed by atoms with Gasteiger partial charge in [-0.1, -0.05) is 48.5 Å². The number of hydrogen-bond donors (Lipinski definition) is 1. The molecule has 0 aliphatic rings. The Morgan fingerprint density at radius 2 is 1.48 bits per heavy atom. The molecule has 0 atom stereocenters. The third-order valence-corrected chi connectivity index (χ3v) is 3.88. The Kier molecular flexibility index (Phi) is 3.45. The monoisotopic (exact) mass is 297 g/mol. The van der Waals surface area contributed by atoms with Gasteiger partial charge in [0.25, 0.3) is 0 Å². The molecule has 3 heteroatoms. The lowest BCUT2D eigenvalue weighted by Gasteiger charge is -2.01. The number of nitrogens with one attached hydrogen (secondary N) is 1. The number of para-hydroxylation sites is 2. The number of imidazole rings is 1. The molecule has 0 saturated carbocycles. The highest BCUT2D eigenvalue weighted by atomic mass is 14.9. The average molecular weight is 297 g/mol. The summed E-state index contributed by atoms with van der Waals surface area (Å²) in [4.78, 5) is 11.2. The van der Waals surface area contributed by atoms with E-state index in [4.69, 9.17) is 0 Å². The van der Waals surface area contributed by atoms with Gasteiger partial charge in [0, 0.05) is 17.8 Å². The molecule has 0 unspecified atom stereocenters. The van der Waals surface area contributed by atoms with E-state index >= 15 is 0 Å². The molecule has 2 heterocycles. The molecule has 0 amide bonds. The zero-order chi connectivity index (χ0) is 15.5. The third-order valence-electron chi connectivity index (χ3n) is 3.88. The number of benzene rings is 3. The maximum atomic E-state index is 4.16. The quantitative estimate of drug-likeness (QED) is 0.411. The van der Waals surface area contributed by atoms with Crippen LogP contribution in [0.4, 0.5) is 0 Å². The van der Waals surface area contributed by atoms with Gasteiger partial charge >= 0.3 is 0 Å². The predicted octanol–water partition coefficient (Wildman–Crippen LogP) is 4.95. The van der Waals surface area contributed by atoms with E-state index in [1.807, 2.05) is 42.7 Å². The second-order valence-corrected chi connectivity index (χ2v) is 5.30. The molecule has 0 radical (unpaired) electrons. The molecule has 0 bridgehead atoms. The summed E-state index contributed by atoms with van der Waals surface area (Å²) in [5, 5.41) is 5.02. The minimum absolute atomic E-state index is 1.03. The van der Waals surface area contributed by atoms with Crippen LogP contribution in [-0.4, -0.2) is 15.0 Å². The van der Waals surface area contributed by atoms with Gasteiger partial charge in [-0.2, -0.15) is 0 Å². The summed E-state index contributed by atoms with van der Waals surface area (Å²) >= 11 is 0. The molecule has 3 nitrogen and oxygen atoms in total. The van der Waals surface area contributed by atoms with Crippen molar-refractivity contribution in [1.82, 2.24) is 15.0 Å². The Bertz CT molecular complexity index is 995. The number of rotatable bonds is 0. The van der Waals surface area contributed by atoms with Crippen LogP contribution >= 0.6 is 0 Å². The van der Waals surface area contributed by atoms with Gasteiger partial charge in [-0.25, -0.2) is 4.98 Å². The minimum atomic E-state index is 1.03. The van der Waals surface area contributed by atoms with E-state index in [-0.39, 0.29) is 0 Å². The van der Waals surface area contributed by atoms with E-state index < -0.39 is 0 Å². The van der Waals surface area contributed by atoms with Crippen LogP contribution in [-0.2, 0) is 0 Å². The van der Waals surface area contributed by atoms with Gasteiger partial charge in [0.2, 0.25) is 0 Å². The van der Waals surface area contributed by atoms with Crippen molar-refractivity contribution in [3.8, 4) is 0 Å². The number of H-pyrrole nitrogens is 1. The first-order valence-electron chi connectivity index (χ1n) is 7.51. The second kappa shape index (κ2) is 5.89. The summed E-state index contributed by atoms with van der Waals surface area (Å²) < 4.78 is 0. The van der Waals surface area contributed by atoms with Crippen LogP contribution in [0.5, 0.6) is 0 Å². The lowest BCUT2D eigenvalue weighted by Crippen LogP contribution is -1.78. The van der Waals surface area contributed by atoms with Crippen molar-refractivity contribution >= 4 is 32.6 Å². The van der Waals surface area contributed by atoms with E-state index in [0.717, 1.165) is 11.0 Å². The predicted molar refractivity (Wildman–Crippen MR) is 95.3 cm³/mol. The van der Waals surface area contributed by atoms with Crippen LogP contribution in [0.1, 0.15) is 0 Å². The fraction of sp³-hybridized carbons (Fsp3) is 0. The zero-order valence-electron chi connectivity index (χ0n) is 12.5. The minimum Gasteiger partial charge on any atom is -0.345 e. The Morgan fingerprint density at radius 3 is 2.39 bits per heavy atom. The van der Waals surface area contributed by atoms with Gasteiger partial charge < -0.3 is 4.98 Å². The molecule has 5 aromatic rings. The molecular formula is C20H15N3. The van der Waals surface area contributed by atoms with Crippen molar-refractivity contribution in [3.63, 3.8) is 0 Å². The lowest BCUT2D eigenvalue weighted by atomic mass is 10.0. The van der Waals surface area contributed by atoms with Crippen molar-refractivity contribution in [2.45, 2.75) is 0 Å². The van der Waals surface area contributed by atoms with E-state index in [2.05, 4.69) is 51.4 Å². The number of hydrogen-bond acceptors (Lipinski definition) is 2. The van der Waals surface area contributed by atoms with Gasteiger partial charge in [0.05, 0.1) is 17.4 Å². The summed E-state index contributed by atoms with van der Waals surface area (Å²) in [5.41, 5.74) is 2.12. The zero-order valence-corrected chi connectivity index (χ0v) is 12.5. The van der Waals surface area contributed by atoms with E-state index in [9.17, 15) is 0 Å².